The molecular weight excluding hydrogens is 196 g/mol. The van der Waals surface area contributed by atoms with Gasteiger partial charge in [-0.2, -0.15) is 0 Å². The van der Waals surface area contributed by atoms with Gasteiger partial charge in [-0.3, -0.25) is 0 Å². The molecule has 2 N–H and O–H groups in total. The fourth-order valence-corrected chi connectivity index (χ4v) is 1.46. The summed E-state index contributed by atoms with van der Waals surface area (Å²) < 4.78 is 0. The molecule has 0 saturated carbocycles. The van der Waals surface area contributed by atoms with Gasteiger partial charge in [-0.05, 0) is 43.0 Å². The zero-order chi connectivity index (χ0) is 11.8. The molecule has 0 aromatic carbocycles. The van der Waals surface area contributed by atoms with Gasteiger partial charge >= 0.3 is 0 Å². The zero-order valence-electron chi connectivity index (χ0n) is 10.5. The average Bonchev–Trinajstić information content (AvgIpc) is 3.01. The first-order valence-corrected chi connectivity index (χ1v) is 6.03. The molecule has 0 aliphatic heterocycles. The van der Waals surface area contributed by atoms with Crippen molar-refractivity contribution in [3.63, 3.8) is 0 Å². The van der Waals surface area contributed by atoms with E-state index >= 15 is 0 Å². The van der Waals surface area contributed by atoms with Crippen molar-refractivity contribution in [3.05, 3.63) is 48.0 Å². The van der Waals surface area contributed by atoms with Crippen LogP contribution in [-0.2, 0) is 6.42 Å². The molecule has 0 aliphatic rings. The van der Waals surface area contributed by atoms with Crippen molar-refractivity contribution < 1.29 is 2.85 Å². The Kier molecular flexibility index (Phi) is 5.48. The first kappa shape index (κ1) is 12.6. The molecule has 0 amide bonds. The van der Waals surface area contributed by atoms with Crippen LogP contribution in [0.25, 0.3) is 0 Å². The standard InChI is InChI=1S/C8H13N.C6H9N.2H2/c1-3-7(2)8-5-4-6-9-8;1-2-6-4-3-5-7-6;;/h4-7,9H,3H2,1-2H3;3-5,7H,2H2,1H3;2*1H. The molecule has 0 spiro atoms. The maximum absolute atomic E-state index is 3.19. The molecule has 0 radical (unpaired) electrons. The molecule has 1 atom stereocenters. The molecule has 0 saturated heterocycles. The monoisotopic (exact) mass is 222 g/mol. The Morgan fingerprint density at radius 2 is 1.81 bits per heavy atom. The smallest absolute Gasteiger partial charge is 0.0175 e. The summed E-state index contributed by atoms with van der Waals surface area (Å²) in [6.45, 7) is 6.56. The van der Waals surface area contributed by atoms with Crippen LogP contribution in [0, 0.1) is 0 Å². The summed E-state index contributed by atoms with van der Waals surface area (Å²) in [5.74, 6) is 0.681. The van der Waals surface area contributed by atoms with Gasteiger partial charge in [0.05, 0.1) is 0 Å². The minimum atomic E-state index is 0. The summed E-state index contributed by atoms with van der Waals surface area (Å²) >= 11 is 0. The Morgan fingerprint density at radius 1 is 1.12 bits per heavy atom. The highest BCUT2D eigenvalue weighted by Crippen LogP contribution is 2.14. The van der Waals surface area contributed by atoms with E-state index in [1.807, 2.05) is 24.5 Å². The minimum Gasteiger partial charge on any atom is -0.365 e. The van der Waals surface area contributed by atoms with E-state index in [0.29, 0.717) is 5.92 Å². The van der Waals surface area contributed by atoms with Crippen molar-refractivity contribution in [2.24, 2.45) is 0 Å². The zero-order valence-corrected chi connectivity index (χ0v) is 10.5. The van der Waals surface area contributed by atoms with Crippen LogP contribution < -0.4 is 0 Å². The lowest BCUT2D eigenvalue weighted by Crippen LogP contribution is -1.89. The highest BCUT2D eigenvalue weighted by molar-refractivity contribution is 5.08. The van der Waals surface area contributed by atoms with Crippen LogP contribution in [0.3, 0.4) is 0 Å². The lowest BCUT2D eigenvalue weighted by Gasteiger charge is -2.03. The molecule has 2 rings (SSSR count). The largest absolute Gasteiger partial charge is 0.365 e. The van der Waals surface area contributed by atoms with E-state index in [9.17, 15) is 0 Å². The molecular formula is C14H26N2. The Labute approximate surface area is 101 Å². The van der Waals surface area contributed by atoms with E-state index in [-0.39, 0.29) is 2.85 Å². The highest BCUT2D eigenvalue weighted by Gasteiger charge is 2.00. The fraction of sp³-hybridized carbons (Fsp3) is 0.429. The predicted octanol–water partition coefficient (Wildman–Crippen LogP) is 4.60. The number of aromatic amines is 2. The molecule has 0 bridgehead atoms. The number of aryl methyl sites for hydroxylation is 1. The van der Waals surface area contributed by atoms with Crippen LogP contribution >= 0.6 is 0 Å². The van der Waals surface area contributed by atoms with Gasteiger partial charge < -0.3 is 9.97 Å². The van der Waals surface area contributed by atoms with Crippen molar-refractivity contribution in [1.29, 1.82) is 0 Å². The maximum Gasteiger partial charge on any atom is 0.0175 e. The van der Waals surface area contributed by atoms with Gasteiger partial charge in [0.15, 0.2) is 0 Å². The van der Waals surface area contributed by atoms with E-state index in [0.717, 1.165) is 6.42 Å². The summed E-state index contributed by atoms with van der Waals surface area (Å²) in [5, 5.41) is 0. The summed E-state index contributed by atoms with van der Waals surface area (Å²) in [7, 11) is 0. The number of aromatic nitrogens is 2. The number of nitrogens with one attached hydrogen (secondary N) is 2. The first-order chi connectivity index (χ1) is 7.77. The molecule has 2 nitrogen and oxygen atoms in total. The Bertz CT molecular complexity index is 355. The van der Waals surface area contributed by atoms with Gasteiger partial charge in [0.25, 0.3) is 0 Å². The van der Waals surface area contributed by atoms with Gasteiger partial charge in [0.1, 0.15) is 0 Å². The summed E-state index contributed by atoms with van der Waals surface area (Å²) in [6.07, 6.45) is 6.23. The maximum atomic E-state index is 3.19. The van der Waals surface area contributed by atoms with Crippen molar-refractivity contribution >= 4 is 0 Å². The van der Waals surface area contributed by atoms with Gasteiger partial charge in [0.2, 0.25) is 0 Å². The molecule has 92 valence electrons. The lowest BCUT2D eigenvalue weighted by atomic mass is 10.1. The average molecular weight is 222 g/mol. The highest BCUT2D eigenvalue weighted by atomic mass is 14.7. The van der Waals surface area contributed by atoms with Gasteiger partial charge in [-0.25, -0.2) is 0 Å². The van der Waals surface area contributed by atoms with E-state index in [1.54, 1.807) is 0 Å². The second kappa shape index (κ2) is 6.94. The number of H-pyrrole nitrogens is 2. The molecule has 0 fully saturated rings. The molecule has 0 aliphatic carbocycles. The normalized spacial score (nSPS) is 11.7. The van der Waals surface area contributed by atoms with Gasteiger partial charge in [-0.15, -0.1) is 0 Å². The topological polar surface area (TPSA) is 31.6 Å². The number of rotatable bonds is 3. The van der Waals surface area contributed by atoms with Crippen molar-refractivity contribution in [2.75, 3.05) is 0 Å². The Balaban J connectivity index is 0. The molecule has 1 unspecified atom stereocenters. The van der Waals surface area contributed by atoms with Crippen molar-refractivity contribution in [1.82, 2.24) is 9.97 Å². The second-order valence-electron chi connectivity index (χ2n) is 3.98. The predicted molar refractivity (Wildman–Crippen MR) is 73.9 cm³/mol. The Morgan fingerprint density at radius 3 is 2.19 bits per heavy atom. The number of hydrogen-bond donors (Lipinski definition) is 2. The molecule has 2 aromatic rings. The van der Waals surface area contributed by atoms with Gasteiger partial charge in [0, 0.05) is 26.6 Å². The fourth-order valence-electron chi connectivity index (χ4n) is 1.46. The second-order valence-corrected chi connectivity index (χ2v) is 3.98. The molecule has 2 heteroatoms. The van der Waals surface area contributed by atoms with Crippen LogP contribution in [0.5, 0.6) is 0 Å². The van der Waals surface area contributed by atoms with Crippen LogP contribution in [0.15, 0.2) is 36.7 Å². The SMILES string of the molecule is CCC(C)c1ccc[nH]1.CCc1ccc[nH]1.[HH].[HH]. The van der Waals surface area contributed by atoms with E-state index < -0.39 is 0 Å². The van der Waals surface area contributed by atoms with Crippen LogP contribution in [0.1, 0.15) is 47.4 Å². The van der Waals surface area contributed by atoms with Crippen LogP contribution in [0.2, 0.25) is 0 Å². The van der Waals surface area contributed by atoms with E-state index in [1.165, 1.54) is 17.8 Å². The van der Waals surface area contributed by atoms with Crippen LogP contribution in [-0.4, -0.2) is 9.97 Å². The summed E-state index contributed by atoms with van der Waals surface area (Å²) in [4.78, 5) is 6.27. The van der Waals surface area contributed by atoms with Gasteiger partial charge in [-0.1, -0.05) is 20.8 Å². The van der Waals surface area contributed by atoms with E-state index in [2.05, 4.69) is 42.9 Å². The lowest BCUT2D eigenvalue weighted by molar-refractivity contribution is 0.713. The molecule has 16 heavy (non-hydrogen) atoms. The molecule has 2 aromatic heterocycles. The summed E-state index contributed by atoms with van der Waals surface area (Å²) in [6, 6.07) is 8.27. The van der Waals surface area contributed by atoms with Crippen LogP contribution in [0.4, 0.5) is 0 Å². The third kappa shape index (κ3) is 3.97. The van der Waals surface area contributed by atoms with Crippen molar-refractivity contribution in [3.8, 4) is 0 Å². The Hall–Kier alpha value is -1.44. The van der Waals surface area contributed by atoms with Crippen molar-refractivity contribution in [2.45, 2.75) is 39.5 Å². The third-order valence-electron chi connectivity index (χ3n) is 2.81. The molecule has 2 heterocycles. The summed E-state index contributed by atoms with van der Waals surface area (Å²) in [5.41, 5.74) is 2.65. The third-order valence-corrected chi connectivity index (χ3v) is 2.81. The first-order valence-electron chi connectivity index (χ1n) is 6.03. The van der Waals surface area contributed by atoms with E-state index in [4.69, 9.17) is 0 Å². The number of hydrogen-bond acceptors (Lipinski definition) is 0. The quantitative estimate of drug-likeness (QED) is 0.761. The minimum absolute atomic E-state index is 0.